The molecule has 0 aliphatic heterocycles. The fraction of sp³-hybridized carbons (Fsp3) is 0.0833. The second-order valence-electron chi connectivity index (χ2n) is 4.09. The van der Waals surface area contributed by atoms with E-state index < -0.39 is 21.8 Å². The summed E-state index contributed by atoms with van der Waals surface area (Å²) in [6.07, 6.45) is -3.92. The first-order valence-corrected chi connectivity index (χ1v) is 7.62. The molecule has 0 radical (unpaired) electrons. The molecule has 0 unspecified atom stereocenters. The average Bonchev–Trinajstić information content (AvgIpc) is 2.45. The van der Waals surface area contributed by atoms with Crippen LogP contribution in [0, 0.1) is 0 Å². The number of sulfonamides is 1. The van der Waals surface area contributed by atoms with Crippen LogP contribution < -0.4 is 10.3 Å². The molecule has 0 amide bonds. The van der Waals surface area contributed by atoms with Crippen molar-refractivity contribution in [3.63, 3.8) is 0 Å². The Hall–Kier alpha value is -1.84. The number of hydrogen-bond acceptors (Lipinski definition) is 4. The lowest BCUT2D eigenvalue weighted by Crippen LogP contribution is -2.30. The van der Waals surface area contributed by atoms with E-state index in [0.717, 1.165) is 12.1 Å². The summed E-state index contributed by atoms with van der Waals surface area (Å²) >= 11 is 5.77. The zero-order valence-electron chi connectivity index (χ0n) is 10.7. The summed E-state index contributed by atoms with van der Waals surface area (Å²) < 4.78 is 61.1. The van der Waals surface area contributed by atoms with E-state index in [-0.39, 0.29) is 15.7 Å². The van der Waals surface area contributed by atoms with E-state index >= 15 is 0 Å². The quantitative estimate of drug-likeness (QED) is 0.830. The summed E-state index contributed by atoms with van der Waals surface area (Å²) in [5.74, 6) is -0.0939. The molecule has 0 aliphatic rings. The number of nitrogens with one attached hydrogen (secondary N) is 2. The van der Waals surface area contributed by atoms with Gasteiger partial charge < -0.3 is 0 Å². The highest BCUT2D eigenvalue weighted by atomic mass is 35.5. The van der Waals surface area contributed by atoms with Crippen molar-refractivity contribution in [2.45, 2.75) is 11.1 Å². The van der Waals surface area contributed by atoms with Gasteiger partial charge >= 0.3 is 6.18 Å². The van der Waals surface area contributed by atoms with Gasteiger partial charge in [0, 0.05) is 6.20 Å². The largest absolute Gasteiger partial charge is 0.417 e. The minimum Gasteiger partial charge on any atom is -0.292 e. The summed E-state index contributed by atoms with van der Waals surface area (Å²) in [5.41, 5.74) is 1.28. The second-order valence-corrected chi connectivity index (χ2v) is 6.15. The van der Waals surface area contributed by atoms with Crippen molar-refractivity contribution in [3.8, 4) is 0 Å². The maximum atomic E-state index is 12.4. The predicted octanol–water partition coefficient (Wildman–Crippen LogP) is 3.06. The molecule has 118 valence electrons. The van der Waals surface area contributed by atoms with Crippen molar-refractivity contribution in [1.29, 1.82) is 0 Å². The van der Waals surface area contributed by atoms with Crippen LogP contribution in [0.2, 0.25) is 5.02 Å². The Morgan fingerprint density at radius 3 is 2.32 bits per heavy atom. The van der Waals surface area contributed by atoms with Gasteiger partial charge in [0.1, 0.15) is 10.7 Å². The molecule has 0 atom stereocenters. The SMILES string of the molecule is O=S(=O)(NNc1ccc(C(F)(F)F)cn1)c1ccccc1Cl. The summed E-state index contributed by atoms with van der Waals surface area (Å²) in [5, 5.41) is 0.0113. The molecular weight excluding hydrogens is 343 g/mol. The molecule has 0 spiro atoms. The van der Waals surface area contributed by atoms with Crippen molar-refractivity contribution in [2.24, 2.45) is 0 Å². The van der Waals surface area contributed by atoms with Crippen LogP contribution in [0.1, 0.15) is 5.56 Å². The van der Waals surface area contributed by atoms with E-state index in [0.29, 0.717) is 6.20 Å². The first kappa shape index (κ1) is 16.5. The molecule has 10 heteroatoms. The summed E-state index contributed by atoms with van der Waals surface area (Å²) in [4.78, 5) is 5.29. The van der Waals surface area contributed by atoms with Gasteiger partial charge in [-0.1, -0.05) is 23.7 Å². The lowest BCUT2D eigenvalue weighted by atomic mass is 10.3. The van der Waals surface area contributed by atoms with Crippen LogP contribution in [0.5, 0.6) is 0 Å². The highest BCUT2D eigenvalue weighted by Crippen LogP contribution is 2.28. The fourth-order valence-electron chi connectivity index (χ4n) is 1.47. The zero-order chi connectivity index (χ0) is 16.4. The topological polar surface area (TPSA) is 71.1 Å². The minimum atomic E-state index is -4.51. The van der Waals surface area contributed by atoms with Gasteiger partial charge in [-0.15, -0.1) is 4.83 Å². The average molecular weight is 352 g/mol. The van der Waals surface area contributed by atoms with Gasteiger partial charge in [-0.25, -0.2) is 13.4 Å². The molecule has 2 aromatic rings. The van der Waals surface area contributed by atoms with Crippen molar-refractivity contribution in [3.05, 3.63) is 53.2 Å². The van der Waals surface area contributed by atoms with E-state index in [2.05, 4.69) is 10.4 Å². The van der Waals surface area contributed by atoms with Gasteiger partial charge in [0.05, 0.1) is 10.6 Å². The van der Waals surface area contributed by atoms with Crippen molar-refractivity contribution < 1.29 is 21.6 Å². The maximum absolute atomic E-state index is 12.4. The van der Waals surface area contributed by atoms with Gasteiger partial charge in [0.2, 0.25) is 0 Å². The van der Waals surface area contributed by atoms with E-state index in [1.165, 1.54) is 18.2 Å². The van der Waals surface area contributed by atoms with Gasteiger partial charge in [0.15, 0.2) is 0 Å². The Balaban J connectivity index is 2.11. The number of hydrogen-bond donors (Lipinski definition) is 2. The third-order valence-electron chi connectivity index (χ3n) is 2.53. The van der Waals surface area contributed by atoms with Crippen LogP contribution in [0.15, 0.2) is 47.5 Å². The molecule has 1 aromatic heterocycles. The Kier molecular flexibility index (Phi) is 4.59. The van der Waals surface area contributed by atoms with Crippen LogP contribution in [0.4, 0.5) is 19.0 Å². The lowest BCUT2D eigenvalue weighted by Gasteiger charge is -2.11. The number of rotatable bonds is 4. The summed E-state index contributed by atoms with van der Waals surface area (Å²) in [6.45, 7) is 0. The zero-order valence-corrected chi connectivity index (χ0v) is 12.3. The van der Waals surface area contributed by atoms with E-state index in [9.17, 15) is 21.6 Å². The number of hydrazine groups is 1. The molecule has 5 nitrogen and oxygen atoms in total. The summed E-state index contributed by atoms with van der Waals surface area (Å²) in [6, 6.07) is 7.50. The number of pyridine rings is 1. The van der Waals surface area contributed by atoms with Crippen molar-refractivity contribution in [2.75, 3.05) is 5.43 Å². The third-order valence-corrected chi connectivity index (χ3v) is 4.28. The summed E-state index contributed by atoms with van der Waals surface area (Å²) in [7, 11) is -3.98. The van der Waals surface area contributed by atoms with E-state index in [1.807, 2.05) is 4.83 Å². The monoisotopic (exact) mass is 351 g/mol. The molecule has 0 fully saturated rings. The Labute approximate surface area is 129 Å². The fourth-order valence-corrected chi connectivity index (χ4v) is 2.84. The van der Waals surface area contributed by atoms with Crippen molar-refractivity contribution in [1.82, 2.24) is 9.82 Å². The van der Waals surface area contributed by atoms with Gasteiger partial charge in [-0.05, 0) is 24.3 Å². The van der Waals surface area contributed by atoms with E-state index in [4.69, 9.17) is 11.6 Å². The highest BCUT2D eigenvalue weighted by Gasteiger charge is 2.30. The van der Waals surface area contributed by atoms with Crippen LogP contribution in [-0.4, -0.2) is 13.4 Å². The Bertz CT molecular complexity index is 764. The lowest BCUT2D eigenvalue weighted by molar-refractivity contribution is -0.137. The number of halogens is 4. The first-order chi connectivity index (χ1) is 10.2. The Morgan fingerprint density at radius 1 is 1.09 bits per heavy atom. The van der Waals surface area contributed by atoms with Crippen LogP contribution in [0.3, 0.4) is 0 Å². The standard InChI is InChI=1S/C12H9ClF3N3O2S/c13-9-3-1-2-4-10(9)22(20,21)19-18-11-6-5-8(7-17-11)12(14,15)16/h1-7,19H,(H,17,18). The maximum Gasteiger partial charge on any atom is 0.417 e. The molecule has 22 heavy (non-hydrogen) atoms. The van der Waals surface area contributed by atoms with Gasteiger partial charge in [-0.3, -0.25) is 5.43 Å². The molecule has 2 rings (SSSR count). The number of aromatic nitrogens is 1. The van der Waals surface area contributed by atoms with E-state index in [1.54, 1.807) is 6.07 Å². The molecule has 0 saturated heterocycles. The minimum absolute atomic E-state index is 0.0113. The molecular formula is C12H9ClF3N3O2S. The van der Waals surface area contributed by atoms with Crippen LogP contribution >= 0.6 is 11.6 Å². The van der Waals surface area contributed by atoms with Gasteiger partial charge in [0.25, 0.3) is 10.0 Å². The highest BCUT2D eigenvalue weighted by molar-refractivity contribution is 7.89. The number of nitrogens with zero attached hydrogens (tertiary/aromatic N) is 1. The van der Waals surface area contributed by atoms with Crippen LogP contribution in [-0.2, 0) is 16.2 Å². The normalized spacial score (nSPS) is 12.2. The Morgan fingerprint density at radius 2 is 1.77 bits per heavy atom. The molecule has 1 aromatic carbocycles. The van der Waals surface area contributed by atoms with Crippen LogP contribution in [0.25, 0.3) is 0 Å². The molecule has 2 N–H and O–H groups in total. The molecule has 1 heterocycles. The molecule has 0 saturated carbocycles. The number of benzene rings is 1. The molecule has 0 aliphatic carbocycles. The molecule has 0 bridgehead atoms. The van der Waals surface area contributed by atoms with Crippen molar-refractivity contribution >= 4 is 27.4 Å². The van der Waals surface area contributed by atoms with Gasteiger partial charge in [-0.2, -0.15) is 13.2 Å². The first-order valence-electron chi connectivity index (χ1n) is 5.76. The predicted molar refractivity (Wildman–Crippen MR) is 74.6 cm³/mol. The number of anilines is 1. The smallest absolute Gasteiger partial charge is 0.292 e. The number of alkyl halides is 3. The third kappa shape index (κ3) is 3.87. The second kappa shape index (κ2) is 6.11.